The molecule has 0 amide bonds. The summed E-state index contributed by atoms with van der Waals surface area (Å²) >= 11 is 0. The van der Waals surface area contributed by atoms with Gasteiger partial charge in [0.1, 0.15) is 5.82 Å². The highest BCUT2D eigenvalue weighted by Gasteiger charge is 2.20. The average molecular weight is 261 g/mol. The molecular weight excluding hydrogens is 234 g/mol. The highest BCUT2D eigenvalue weighted by molar-refractivity contribution is 5.40. The third-order valence-corrected chi connectivity index (χ3v) is 3.83. The number of aromatic nitrogens is 1. The van der Waals surface area contributed by atoms with Crippen LogP contribution in [0.1, 0.15) is 52.0 Å². The summed E-state index contributed by atoms with van der Waals surface area (Å²) in [5.74, 6) is 1.69. The molecule has 3 nitrogen and oxygen atoms in total. The van der Waals surface area contributed by atoms with Gasteiger partial charge in [-0.3, -0.25) is 0 Å². The van der Waals surface area contributed by atoms with Gasteiger partial charge < -0.3 is 10.2 Å². The van der Waals surface area contributed by atoms with E-state index in [4.69, 9.17) is 0 Å². The number of hydrogen-bond acceptors (Lipinski definition) is 3. The lowest BCUT2D eigenvalue weighted by molar-refractivity contribution is 0.386. The minimum Gasteiger partial charge on any atom is -0.357 e. The first kappa shape index (κ1) is 14.3. The SMILES string of the molecule is CC(C)NC1CCN(c2ccc(C(C)C)cn2)CC1. The van der Waals surface area contributed by atoms with Crippen molar-refractivity contribution in [1.82, 2.24) is 10.3 Å². The van der Waals surface area contributed by atoms with Crippen LogP contribution in [0.2, 0.25) is 0 Å². The Kier molecular flexibility index (Phi) is 4.81. The maximum Gasteiger partial charge on any atom is 0.128 e. The predicted octanol–water partition coefficient (Wildman–Crippen LogP) is 3.17. The van der Waals surface area contributed by atoms with Gasteiger partial charge in [-0.1, -0.05) is 33.8 Å². The molecule has 0 unspecified atom stereocenters. The standard InChI is InChI=1S/C16H27N3/c1-12(2)14-5-6-16(17-11-14)19-9-7-15(8-10-19)18-13(3)4/h5-6,11-13,15,18H,7-10H2,1-4H3. The number of pyridine rings is 1. The minimum absolute atomic E-state index is 0.558. The van der Waals surface area contributed by atoms with E-state index in [0.717, 1.165) is 18.9 Å². The Bertz CT molecular complexity index is 375. The van der Waals surface area contributed by atoms with Crippen LogP contribution in [0.3, 0.4) is 0 Å². The molecule has 0 radical (unpaired) electrons. The van der Waals surface area contributed by atoms with E-state index in [1.807, 2.05) is 6.20 Å². The molecule has 1 N–H and O–H groups in total. The second-order valence-corrected chi connectivity index (χ2v) is 6.19. The van der Waals surface area contributed by atoms with E-state index in [1.54, 1.807) is 0 Å². The molecule has 1 aliphatic heterocycles. The van der Waals surface area contributed by atoms with Crippen LogP contribution in [0.15, 0.2) is 18.3 Å². The van der Waals surface area contributed by atoms with Crippen LogP contribution in [-0.2, 0) is 0 Å². The molecule has 0 atom stereocenters. The predicted molar refractivity (Wildman–Crippen MR) is 81.8 cm³/mol. The zero-order valence-corrected chi connectivity index (χ0v) is 12.7. The van der Waals surface area contributed by atoms with Crippen LogP contribution in [0.4, 0.5) is 5.82 Å². The first-order valence-corrected chi connectivity index (χ1v) is 7.53. The summed E-state index contributed by atoms with van der Waals surface area (Å²) in [6.45, 7) is 11.1. The normalized spacial score (nSPS) is 17.5. The molecule has 1 aromatic rings. The van der Waals surface area contributed by atoms with Crippen LogP contribution in [0, 0.1) is 0 Å². The first-order chi connectivity index (χ1) is 9.06. The van der Waals surface area contributed by atoms with Gasteiger partial charge in [0, 0.05) is 31.4 Å². The highest BCUT2D eigenvalue weighted by Crippen LogP contribution is 2.20. The van der Waals surface area contributed by atoms with Crippen LogP contribution in [0.5, 0.6) is 0 Å². The summed E-state index contributed by atoms with van der Waals surface area (Å²) in [5.41, 5.74) is 1.32. The Hall–Kier alpha value is -1.09. The summed E-state index contributed by atoms with van der Waals surface area (Å²) in [7, 11) is 0. The molecule has 0 bridgehead atoms. The van der Waals surface area contributed by atoms with Crippen molar-refractivity contribution in [3.63, 3.8) is 0 Å². The van der Waals surface area contributed by atoms with Gasteiger partial charge in [0.2, 0.25) is 0 Å². The summed E-state index contributed by atoms with van der Waals surface area (Å²) in [6.07, 6.45) is 4.45. The van der Waals surface area contributed by atoms with Crippen LogP contribution in [0.25, 0.3) is 0 Å². The minimum atomic E-state index is 0.558. The Morgan fingerprint density at radius 2 is 1.84 bits per heavy atom. The van der Waals surface area contributed by atoms with Crippen LogP contribution in [-0.4, -0.2) is 30.2 Å². The van der Waals surface area contributed by atoms with E-state index in [-0.39, 0.29) is 0 Å². The van der Waals surface area contributed by atoms with Crippen molar-refractivity contribution in [2.75, 3.05) is 18.0 Å². The third-order valence-electron chi connectivity index (χ3n) is 3.83. The maximum atomic E-state index is 4.62. The fourth-order valence-corrected chi connectivity index (χ4v) is 2.67. The zero-order valence-electron chi connectivity index (χ0n) is 12.7. The second kappa shape index (κ2) is 6.38. The molecule has 0 aromatic carbocycles. The van der Waals surface area contributed by atoms with Gasteiger partial charge >= 0.3 is 0 Å². The van der Waals surface area contributed by atoms with Gasteiger partial charge in [-0.05, 0) is 30.4 Å². The molecule has 0 aliphatic carbocycles. The molecule has 19 heavy (non-hydrogen) atoms. The van der Waals surface area contributed by atoms with Gasteiger partial charge in [0.15, 0.2) is 0 Å². The lowest BCUT2D eigenvalue weighted by Crippen LogP contribution is -2.45. The Morgan fingerprint density at radius 3 is 2.32 bits per heavy atom. The van der Waals surface area contributed by atoms with E-state index in [0.29, 0.717) is 18.0 Å². The van der Waals surface area contributed by atoms with Gasteiger partial charge in [-0.2, -0.15) is 0 Å². The van der Waals surface area contributed by atoms with Crippen LogP contribution >= 0.6 is 0 Å². The van der Waals surface area contributed by atoms with Crippen LogP contribution < -0.4 is 10.2 Å². The molecule has 1 fully saturated rings. The van der Waals surface area contributed by atoms with Crippen molar-refractivity contribution < 1.29 is 0 Å². The smallest absolute Gasteiger partial charge is 0.128 e. The molecular formula is C16H27N3. The molecule has 3 heteroatoms. The third kappa shape index (κ3) is 3.93. The van der Waals surface area contributed by atoms with Crippen molar-refractivity contribution in [3.05, 3.63) is 23.9 Å². The number of nitrogens with one attached hydrogen (secondary N) is 1. The van der Waals surface area contributed by atoms with Crippen molar-refractivity contribution in [3.8, 4) is 0 Å². The number of rotatable bonds is 4. The van der Waals surface area contributed by atoms with E-state index in [9.17, 15) is 0 Å². The van der Waals surface area contributed by atoms with Gasteiger partial charge in [0.05, 0.1) is 0 Å². The second-order valence-electron chi connectivity index (χ2n) is 6.19. The molecule has 1 saturated heterocycles. The lowest BCUT2D eigenvalue weighted by atomic mass is 10.0. The van der Waals surface area contributed by atoms with Gasteiger partial charge in [-0.15, -0.1) is 0 Å². The summed E-state index contributed by atoms with van der Waals surface area (Å²) in [4.78, 5) is 7.02. The number of hydrogen-bond donors (Lipinski definition) is 1. The Morgan fingerprint density at radius 1 is 1.16 bits per heavy atom. The maximum absolute atomic E-state index is 4.62. The average Bonchev–Trinajstić information content (AvgIpc) is 2.39. The van der Waals surface area contributed by atoms with Crippen molar-refractivity contribution in [2.24, 2.45) is 0 Å². The Labute approximate surface area is 117 Å². The van der Waals surface area contributed by atoms with E-state index < -0.39 is 0 Å². The molecule has 0 saturated carbocycles. The van der Waals surface area contributed by atoms with Crippen molar-refractivity contribution in [2.45, 2.75) is 58.5 Å². The molecule has 106 valence electrons. The highest BCUT2D eigenvalue weighted by atomic mass is 15.2. The largest absolute Gasteiger partial charge is 0.357 e. The summed E-state index contributed by atoms with van der Waals surface area (Å²) in [5, 5.41) is 3.63. The fraction of sp³-hybridized carbons (Fsp3) is 0.688. The van der Waals surface area contributed by atoms with Gasteiger partial charge in [-0.25, -0.2) is 4.98 Å². The van der Waals surface area contributed by atoms with E-state index in [1.165, 1.54) is 18.4 Å². The first-order valence-electron chi connectivity index (χ1n) is 7.53. The fourth-order valence-electron chi connectivity index (χ4n) is 2.67. The molecule has 2 heterocycles. The van der Waals surface area contributed by atoms with E-state index in [2.05, 4.69) is 55.0 Å². The molecule has 1 aromatic heterocycles. The number of piperidine rings is 1. The summed E-state index contributed by atoms with van der Waals surface area (Å²) < 4.78 is 0. The van der Waals surface area contributed by atoms with Crippen molar-refractivity contribution in [1.29, 1.82) is 0 Å². The topological polar surface area (TPSA) is 28.2 Å². The summed E-state index contributed by atoms with van der Waals surface area (Å²) in [6, 6.07) is 5.64. The molecule has 0 spiro atoms. The molecule has 1 aliphatic rings. The Balaban J connectivity index is 1.90. The van der Waals surface area contributed by atoms with Gasteiger partial charge in [0.25, 0.3) is 0 Å². The number of nitrogens with zero attached hydrogens (tertiary/aromatic N) is 2. The monoisotopic (exact) mass is 261 g/mol. The lowest BCUT2D eigenvalue weighted by Gasteiger charge is -2.34. The number of anilines is 1. The zero-order chi connectivity index (χ0) is 13.8. The van der Waals surface area contributed by atoms with E-state index >= 15 is 0 Å². The quantitative estimate of drug-likeness (QED) is 0.902. The van der Waals surface area contributed by atoms with Crippen molar-refractivity contribution >= 4 is 5.82 Å². The molecule has 2 rings (SSSR count).